The van der Waals surface area contributed by atoms with Crippen LogP contribution in [0.5, 0.6) is 0 Å². The van der Waals surface area contributed by atoms with E-state index < -0.39 is 0 Å². The molecule has 6 nitrogen and oxygen atoms in total. The highest BCUT2D eigenvalue weighted by molar-refractivity contribution is 8.00. The molecule has 0 saturated heterocycles. The van der Waals surface area contributed by atoms with Gasteiger partial charge >= 0.3 is 0 Å². The number of anilines is 1. The molecule has 0 atom stereocenters. The SMILES string of the molecule is CC(=O)N(c1nnc(SCc2cc(C)no2)s1)C1CC1. The highest BCUT2D eigenvalue weighted by Crippen LogP contribution is 2.36. The molecule has 0 bridgehead atoms. The van der Waals surface area contributed by atoms with E-state index in [4.69, 9.17) is 4.52 Å². The number of thioether (sulfide) groups is 1. The van der Waals surface area contributed by atoms with Crippen LogP contribution in [0, 0.1) is 6.92 Å². The molecule has 0 aromatic carbocycles. The number of aromatic nitrogens is 3. The van der Waals surface area contributed by atoms with E-state index in [1.807, 2.05) is 13.0 Å². The van der Waals surface area contributed by atoms with Gasteiger partial charge in [0.1, 0.15) is 5.76 Å². The molecule has 1 saturated carbocycles. The molecule has 20 heavy (non-hydrogen) atoms. The van der Waals surface area contributed by atoms with E-state index in [0.29, 0.717) is 16.9 Å². The third kappa shape index (κ3) is 3.01. The molecule has 2 aromatic rings. The highest BCUT2D eigenvalue weighted by atomic mass is 32.2. The lowest BCUT2D eigenvalue weighted by atomic mass is 10.4. The number of hydrogen-bond donors (Lipinski definition) is 0. The molecule has 1 fully saturated rings. The summed E-state index contributed by atoms with van der Waals surface area (Å²) in [6, 6.07) is 2.22. The predicted octanol–water partition coefficient (Wildman–Crippen LogP) is 2.64. The molecule has 0 N–H and O–H groups in total. The molecule has 8 heteroatoms. The fourth-order valence-corrected chi connectivity index (χ4v) is 3.69. The Morgan fingerprint density at radius 3 is 2.95 bits per heavy atom. The van der Waals surface area contributed by atoms with Crippen molar-refractivity contribution in [1.29, 1.82) is 0 Å². The molecule has 3 rings (SSSR count). The van der Waals surface area contributed by atoms with E-state index in [0.717, 1.165) is 28.6 Å². The van der Waals surface area contributed by atoms with Gasteiger partial charge in [-0.3, -0.25) is 9.69 Å². The van der Waals surface area contributed by atoms with Crippen LogP contribution in [0.1, 0.15) is 31.2 Å². The number of carbonyl (C=O) groups excluding carboxylic acids is 1. The molecule has 2 heterocycles. The Labute approximate surface area is 124 Å². The molecular formula is C12H14N4O2S2. The highest BCUT2D eigenvalue weighted by Gasteiger charge is 2.34. The van der Waals surface area contributed by atoms with Crippen LogP contribution in [0.4, 0.5) is 5.13 Å². The Bertz CT molecular complexity index is 621. The first-order valence-electron chi connectivity index (χ1n) is 6.32. The normalized spacial score (nSPS) is 14.5. The second-order valence-corrected chi connectivity index (χ2v) is 6.87. The lowest BCUT2D eigenvalue weighted by molar-refractivity contribution is -0.116. The monoisotopic (exact) mass is 310 g/mol. The van der Waals surface area contributed by atoms with Crippen molar-refractivity contribution in [3.63, 3.8) is 0 Å². The maximum absolute atomic E-state index is 11.7. The first kappa shape index (κ1) is 13.6. The van der Waals surface area contributed by atoms with Crippen molar-refractivity contribution in [2.24, 2.45) is 0 Å². The fourth-order valence-electron chi connectivity index (χ4n) is 1.86. The van der Waals surface area contributed by atoms with Gasteiger partial charge in [-0.05, 0) is 19.8 Å². The number of hydrogen-bond acceptors (Lipinski definition) is 7. The average Bonchev–Trinajstić information content (AvgIpc) is 2.95. The van der Waals surface area contributed by atoms with Gasteiger partial charge in [0.25, 0.3) is 0 Å². The maximum atomic E-state index is 11.7. The van der Waals surface area contributed by atoms with E-state index >= 15 is 0 Å². The van der Waals surface area contributed by atoms with Crippen molar-refractivity contribution in [3.05, 3.63) is 17.5 Å². The summed E-state index contributed by atoms with van der Waals surface area (Å²) in [7, 11) is 0. The van der Waals surface area contributed by atoms with Gasteiger partial charge in [-0.1, -0.05) is 28.3 Å². The van der Waals surface area contributed by atoms with Crippen LogP contribution < -0.4 is 4.90 Å². The second-order valence-electron chi connectivity index (χ2n) is 4.69. The summed E-state index contributed by atoms with van der Waals surface area (Å²) in [4.78, 5) is 13.4. The number of aryl methyl sites for hydroxylation is 1. The molecule has 0 radical (unpaired) electrons. The minimum atomic E-state index is 0.0334. The predicted molar refractivity (Wildman–Crippen MR) is 76.9 cm³/mol. The Balaban J connectivity index is 1.65. The van der Waals surface area contributed by atoms with Gasteiger partial charge in [-0.15, -0.1) is 10.2 Å². The van der Waals surface area contributed by atoms with Crippen LogP contribution in [0.2, 0.25) is 0 Å². The van der Waals surface area contributed by atoms with Crippen LogP contribution in [0.3, 0.4) is 0 Å². The molecule has 1 amide bonds. The molecule has 1 aliphatic carbocycles. The molecule has 1 aliphatic rings. The number of carbonyl (C=O) groups is 1. The second kappa shape index (κ2) is 5.53. The first-order chi connectivity index (χ1) is 9.63. The molecule has 2 aromatic heterocycles. The third-order valence-electron chi connectivity index (χ3n) is 2.87. The van der Waals surface area contributed by atoms with Gasteiger partial charge in [0.2, 0.25) is 11.0 Å². The average molecular weight is 310 g/mol. The number of rotatable bonds is 5. The zero-order valence-electron chi connectivity index (χ0n) is 11.2. The third-order valence-corrected chi connectivity index (χ3v) is 4.95. The van der Waals surface area contributed by atoms with Crippen molar-refractivity contribution in [2.75, 3.05) is 4.90 Å². The van der Waals surface area contributed by atoms with Gasteiger partial charge in [0.15, 0.2) is 4.34 Å². The van der Waals surface area contributed by atoms with Crippen LogP contribution in [0.15, 0.2) is 14.9 Å². The first-order valence-corrected chi connectivity index (χ1v) is 8.12. The molecule has 106 valence electrons. The van der Waals surface area contributed by atoms with E-state index in [1.165, 1.54) is 11.3 Å². The standard InChI is InChI=1S/C12H14N4O2S2/c1-7-5-10(18-15-7)6-19-12-14-13-11(20-12)16(8(2)17)9-3-4-9/h5,9H,3-4,6H2,1-2H3. The Morgan fingerprint density at radius 1 is 1.55 bits per heavy atom. The lowest BCUT2D eigenvalue weighted by Gasteiger charge is -2.15. The molecule has 0 spiro atoms. The van der Waals surface area contributed by atoms with Gasteiger partial charge in [0, 0.05) is 19.0 Å². The maximum Gasteiger partial charge on any atom is 0.225 e. The van der Waals surface area contributed by atoms with Gasteiger partial charge in [-0.2, -0.15) is 0 Å². The summed E-state index contributed by atoms with van der Waals surface area (Å²) in [5.74, 6) is 1.51. The summed E-state index contributed by atoms with van der Waals surface area (Å²) in [5.41, 5.74) is 0.870. The Morgan fingerprint density at radius 2 is 2.35 bits per heavy atom. The van der Waals surface area contributed by atoms with Crippen molar-refractivity contribution in [1.82, 2.24) is 15.4 Å². The quantitative estimate of drug-likeness (QED) is 0.624. The summed E-state index contributed by atoms with van der Waals surface area (Å²) in [6.07, 6.45) is 2.11. The van der Waals surface area contributed by atoms with E-state index in [9.17, 15) is 4.79 Å². The van der Waals surface area contributed by atoms with Crippen molar-refractivity contribution in [2.45, 2.75) is 42.8 Å². The minimum absolute atomic E-state index is 0.0334. The summed E-state index contributed by atoms with van der Waals surface area (Å²) in [6.45, 7) is 3.46. The zero-order chi connectivity index (χ0) is 14.1. The minimum Gasteiger partial charge on any atom is -0.360 e. The number of amides is 1. The van der Waals surface area contributed by atoms with Crippen molar-refractivity contribution < 1.29 is 9.32 Å². The lowest BCUT2D eigenvalue weighted by Crippen LogP contribution is -2.30. The number of nitrogens with zero attached hydrogens (tertiary/aromatic N) is 4. The van der Waals surface area contributed by atoms with Crippen LogP contribution in [-0.2, 0) is 10.5 Å². The van der Waals surface area contributed by atoms with E-state index in [2.05, 4.69) is 15.4 Å². The topological polar surface area (TPSA) is 72.1 Å². The van der Waals surface area contributed by atoms with Crippen LogP contribution in [-0.4, -0.2) is 27.3 Å². The van der Waals surface area contributed by atoms with E-state index in [-0.39, 0.29) is 5.91 Å². The molecule has 0 unspecified atom stereocenters. The fraction of sp³-hybridized carbons (Fsp3) is 0.500. The Kier molecular flexibility index (Phi) is 3.75. The van der Waals surface area contributed by atoms with Crippen molar-refractivity contribution in [3.8, 4) is 0 Å². The summed E-state index contributed by atoms with van der Waals surface area (Å²) >= 11 is 2.99. The van der Waals surface area contributed by atoms with E-state index in [1.54, 1.807) is 23.6 Å². The summed E-state index contributed by atoms with van der Waals surface area (Å²) in [5, 5.41) is 12.8. The smallest absolute Gasteiger partial charge is 0.225 e. The van der Waals surface area contributed by atoms with Crippen LogP contribution >= 0.6 is 23.1 Å². The zero-order valence-corrected chi connectivity index (χ0v) is 12.8. The Hall–Kier alpha value is -1.41. The molecular weight excluding hydrogens is 296 g/mol. The molecule has 0 aliphatic heterocycles. The van der Waals surface area contributed by atoms with Gasteiger partial charge in [0.05, 0.1) is 11.4 Å². The summed E-state index contributed by atoms with van der Waals surface area (Å²) < 4.78 is 5.98. The largest absolute Gasteiger partial charge is 0.360 e. The van der Waals surface area contributed by atoms with Gasteiger partial charge in [-0.25, -0.2) is 0 Å². The van der Waals surface area contributed by atoms with Gasteiger partial charge < -0.3 is 4.52 Å². The van der Waals surface area contributed by atoms with Crippen LogP contribution in [0.25, 0.3) is 0 Å². The van der Waals surface area contributed by atoms with Crippen molar-refractivity contribution >= 4 is 34.1 Å².